The van der Waals surface area contributed by atoms with Crippen LogP contribution in [0.25, 0.3) is 0 Å². The number of hydrogen-bond acceptors (Lipinski definition) is 3. The molecule has 0 saturated carbocycles. The van der Waals surface area contributed by atoms with Crippen molar-refractivity contribution >= 4 is 17.1 Å². The molecule has 0 amide bonds. The Labute approximate surface area is 120 Å². The van der Waals surface area contributed by atoms with Crippen LogP contribution in [0.5, 0.6) is 0 Å². The number of Topliss-reactive ketones (excluding diaryl/α,β-unsaturated/α-hetero) is 1. The number of ketones is 1. The maximum Gasteiger partial charge on any atom is 0.157 e. The molecule has 0 aromatic carbocycles. The number of carbonyl (C=O) groups excluding carboxylic acids is 1. The van der Waals surface area contributed by atoms with Gasteiger partial charge in [0.15, 0.2) is 5.78 Å². The zero-order valence-corrected chi connectivity index (χ0v) is 13.2. The topological polar surface area (TPSA) is 20.3 Å². The van der Waals surface area contributed by atoms with Gasteiger partial charge in [-0.2, -0.15) is 0 Å². The normalized spacial score (nSPS) is 19.5. The van der Waals surface area contributed by atoms with Crippen LogP contribution in [0.4, 0.5) is 0 Å². The van der Waals surface area contributed by atoms with E-state index in [1.54, 1.807) is 11.3 Å². The lowest BCUT2D eigenvalue weighted by Gasteiger charge is -2.36. The first-order chi connectivity index (χ1) is 9.10. The fourth-order valence-electron chi connectivity index (χ4n) is 2.86. The summed E-state index contributed by atoms with van der Waals surface area (Å²) in [6.45, 7) is 8.61. The molecule has 2 heterocycles. The van der Waals surface area contributed by atoms with Crippen molar-refractivity contribution in [1.82, 2.24) is 4.90 Å². The summed E-state index contributed by atoms with van der Waals surface area (Å²) in [6.07, 6.45) is 5.06. The van der Waals surface area contributed by atoms with Crippen LogP contribution in [0, 0.1) is 0 Å². The molecule has 0 radical (unpaired) electrons. The zero-order valence-electron chi connectivity index (χ0n) is 12.4. The Morgan fingerprint density at radius 1 is 1.26 bits per heavy atom. The molecule has 1 aromatic rings. The van der Waals surface area contributed by atoms with Gasteiger partial charge in [-0.3, -0.25) is 9.69 Å². The minimum Gasteiger partial charge on any atom is -0.297 e. The molecule has 2 rings (SSSR count). The molecular weight excluding hydrogens is 254 g/mol. The third kappa shape index (κ3) is 3.09. The van der Waals surface area contributed by atoms with E-state index in [1.807, 2.05) is 0 Å². The van der Waals surface area contributed by atoms with Crippen molar-refractivity contribution < 1.29 is 4.79 Å². The number of thiophene rings is 1. The van der Waals surface area contributed by atoms with Crippen molar-refractivity contribution in [3.05, 3.63) is 21.9 Å². The van der Waals surface area contributed by atoms with Gasteiger partial charge in [0.2, 0.25) is 0 Å². The summed E-state index contributed by atoms with van der Waals surface area (Å²) in [5.74, 6) is 0.390. The summed E-state index contributed by atoms with van der Waals surface area (Å²) < 4.78 is 0. The average Bonchev–Trinajstić information content (AvgIpc) is 3.08. The molecule has 106 valence electrons. The Hall–Kier alpha value is -0.670. The highest BCUT2D eigenvalue weighted by atomic mass is 32.1. The van der Waals surface area contributed by atoms with Crippen molar-refractivity contribution in [2.75, 3.05) is 13.1 Å². The lowest BCUT2D eigenvalue weighted by molar-refractivity contribution is -0.129. The summed E-state index contributed by atoms with van der Waals surface area (Å²) in [4.78, 5) is 17.7. The second-order valence-electron chi connectivity index (χ2n) is 5.64. The van der Waals surface area contributed by atoms with E-state index in [2.05, 4.69) is 37.8 Å². The van der Waals surface area contributed by atoms with E-state index < -0.39 is 0 Å². The van der Waals surface area contributed by atoms with Gasteiger partial charge in [-0.1, -0.05) is 13.8 Å². The van der Waals surface area contributed by atoms with Crippen LogP contribution in [0.1, 0.15) is 49.8 Å². The predicted octanol–water partition coefficient (Wildman–Crippen LogP) is 3.69. The van der Waals surface area contributed by atoms with Gasteiger partial charge in [0.05, 0.1) is 5.54 Å². The quantitative estimate of drug-likeness (QED) is 0.791. The van der Waals surface area contributed by atoms with Gasteiger partial charge in [-0.15, -0.1) is 11.3 Å². The van der Waals surface area contributed by atoms with Crippen molar-refractivity contribution in [3.8, 4) is 0 Å². The second kappa shape index (κ2) is 6.19. The van der Waals surface area contributed by atoms with Gasteiger partial charge in [0, 0.05) is 16.2 Å². The van der Waals surface area contributed by atoms with E-state index in [0.29, 0.717) is 12.2 Å². The monoisotopic (exact) mass is 279 g/mol. The van der Waals surface area contributed by atoms with E-state index in [4.69, 9.17) is 0 Å². The molecule has 1 aliphatic rings. The molecular formula is C16H25NOS. The fraction of sp³-hybridized carbons (Fsp3) is 0.688. The first-order valence-corrected chi connectivity index (χ1v) is 8.27. The molecule has 0 bridgehead atoms. The summed E-state index contributed by atoms with van der Waals surface area (Å²) in [5, 5.41) is 0. The SMILES string of the molecule is CCc1ccc(CC(=O)C(C)(CC)N2CCCC2)s1. The van der Waals surface area contributed by atoms with E-state index in [-0.39, 0.29) is 5.54 Å². The van der Waals surface area contributed by atoms with Crippen LogP contribution in [0.3, 0.4) is 0 Å². The minimum atomic E-state index is -0.257. The molecule has 0 spiro atoms. The lowest BCUT2D eigenvalue weighted by atomic mass is 9.89. The third-order valence-corrected chi connectivity index (χ3v) is 5.72. The molecule has 2 nitrogen and oxygen atoms in total. The Bertz CT molecular complexity index is 434. The zero-order chi connectivity index (χ0) is 13.9. The molecule has 0 N–H and O–H groups in total. The Morgan fingerprint density at radius 3 is 2.42 bits per heavy atom. The lowest BCUT2D eigenvalue weighted by Crippen LogP contribution is -2.51. The number of likely N-dealkylation sites (tertiary alicyclic amines) is 1. The van der Waals surface area contributed by atoms with Gasteiger partial charge in [0.25, 0.3) is 0 Å². The third-order valence-electron chi connectivity index (χ3n) is 4.49. The molecule has 3 heteroatoms. The van der Waals surface area contributed by atoms with Crippen molar-refractivity contribution in [2.45, 2.75) is 58.4 Å². The van der Waals surface area contributed by atoms with Gasteiger partial charge in [-0.25, -0.2) is 0 Å². The Kier molecular flexibility index (Phi) is 4.80. The van der Waals surface area contributed by atoms with E-state index in [0.717, 1.165) is 25.9 Å². The summed E-state index contributed by atoms with van der Waals surface area (Å²) in [6, 6.07) is 4.29. The smallest absolute Gasteiger partial charge is 0.157 e. The largest absolute Gasteiger partial charge is 0.297 e. The van der Waals surface area contributed by atoms with Crippen molar-refractivity contribution in [3.63, 3.8) is 0 Å². The fourth-order valence-corrected chi connectivity index (χ4v) is 3.82. The molecule has 0 aliphatic carbocycles. The Morgan fingerprint density at radius 2 is 1.89 bits per heavy atom. The van der Waals surface area contributed by atoms with Crippen LogP contribution in [-0.4, -0.2) is 29.3 Å². The molecule has 1 aromatic heterocycles. The molecule has 1 fully saturated rings. The maximum absolute atomic E-state index is 12.7. The van der Waals surface area contributed by atoms with Crippen LogP contribution >= 0.6 is 11.3 Å². The highest BCUT2D eigenvalue weighted by Crippen LogP contribution is 2.28. The maximum atomic E-state index is 12.7. The molecule has 1 unspecified atom stereocenters. The van der Waals surface area contributed by atoms with Gasteiger partial charge < -0.3 is 0 Å². The van der Waals surface area contributed by atoms with E-state index in [1.165, 1.54) is 22.6 Å². The number of hydrogen-bond donors (Lipinski definition) is 0. The van der Waals surface area contributed by atoms with Gasteiger partial charge in [-0.05, 0) is 57.8 Å². The molecule has 1 atom stereocenters. The van der Waals surface area contributed by atoms with Crippen LogP contribution in [0.15, 0.2) is 12.1 Å². The number of aryl methyl sites for hydroxylation is 1. The molecule has 19 heavy (non-hydrogen) atoms. The highest BCUT2D eigenvalue weighted by Gasteiger charge is 2.38. The standard InChI is InChI=1S/C16H25NOS/c1-4-13-8-9-14(19-13)12-15(18)16(3,5-2)17-10-6-7-11-17/h8-9H,4-7,10-12H2,1-3H3. The molecule has 1 saturated heterocycles. The van der Waals surface area contributed by atoms with Gasteiger partial charge >= 0.3 is 0 Å². The van der Waals surface area contributed by atoms with E-state index >= 15 is 0 Å². The first-order valence-electron chi connectivity index (χ1n) is 7.46. The average molecular weight is 279 g/mol. The second-order valence-corrected chi connectivity index (χ2v) is 6.90. The van der Waals surface area contributed by atoms with Crippen LogP contribution in [-0.2, 0) is 17.6 Å². The van der Waals surface area contributed by atoms with Crippen LogP contribution < -0.4 is 0 Å². The van der Waals surface area contributed by atoms with Crippen molar-refractivity contribution in [2.24, 2.45) is 0 Å². The minimum absolute atomic E-state index is 0.257. The van der Waals surface area contributed by atoms with Crippen LogP contribution in [0.2, 0.25) is 0 Å². The number of carbonyl (C=O) groups is 1. The summed E-state index contributed by atoms with van der Waals surface area (Å²) in [5.41, 5.74) is -0.257. The number of nitrogens with zero attached hydrogens (tertiary/aromatic N) is 1. The number of rotatable bonds is 6. The van der Waals surface area contributed by atoms with Crippen molar-refractivity contribution in [1.29, 1.82) is 0 Å². The summed E-state index contributed by atoms with van der Waals surface area (Å²) in [7, 11) is 0. The highest BCUT2D eigenvalue weighted by molar-refractivity contribution is 7.12. The molecule has 1 aliphatic heterocycles. The van der Waals surface area contributed by atoms with E-state index in [9.17, 15) is 4.79 Å². The summed E-state index contributed by atoms with van der Waals surface area (Å²) >= 11 is 1.79. The first kappa shape index (κ1) is 14.7. The van der Waals surface area contributed by atoms with Gasteiger partial charge in [0.1, 0.15) is 0 Å². The Balaban J connectivity index is 2.07. The predicted molar refractivity (Wildman–Crippen MR) is 81.9 cm³/mol.